The van der Waals surface area contributed by atoms with Crippen molar-refractivity contribution in [3.8, 4) is 0 Å². The summed E-state index contributed by atoms with van der Waals surface area (Å²) in [4.78, 5) is 30.0. The number of amides is 2. The van der Waals surface area contributed by atoms with E-state index >= 15 is 0 Å². The number of aromatic nitrogens is 1. The van der Waals surface area contributed by atoms with Crippen molar-refractivity contribution in [2.24, 2.45) is 0 Å². The molecule has 0 bridgehead atoms. The summed E-state index contributed by atoms with van der Waals surface area (Å²) in [7, 11) is 1.58. The maximum Gasteiger partial charge on any atom is 0.254 e. The Morgan fingerprint density at radius 2 is 2.14 bits per heavy atom. The SMILES string of the molecule is CNC(=O)c1cccnc1NC1CC(=O)N(C(C)(C)C)C1. The van der Waals surface area contributed by atoms with Crippen LogP contribution >= 0.6 is 0 Å². The van der Waals surface area contributed by atoms with Crippen LogP contribution in [0.2, 0.25) is 0 Å². The molecular formula is C15H22N4O2. The second-order valence-electron chi connectivity index (χ2n) is 6.20. The fraction of sp³-hybridized carbons (Fsp3) is 0.533. The zero-order valence-corrected chi connectivity index (χ0v) is 12.9. The fourth-order valence-electron chi connectivity index (χ4n) is 2.48. The Morgan fingerprint density at radius 3 is 2.71 bits per heavy atom. The predicted octanol–water partition coefficient (Wildman–Crippen LogP) is 1.25. The van der Waals surface area contributed by atoms with Gasteiger partial charge < -0.3 is 15.5 Å². The van der Waals surface area contributed by atoms with E-state index in [2.05, 4.69) is 15.6 Å². The Morgan fingerprint density at radius 1 is 1.43 bits per heavy atom. The van der Waals surface area contributed by atoms with Gasteiger partial charge in [-0.25, -0.2) is 4.98 Å². The molecule has 0 saturated carbocycles. The largest absolute Gasteiger partial charge is 0.364 e. The normalized spacial score (nSPS) is 18.8. The third-order valence-electron chi connectivity index (χ3n) is 3.56. The first-order valence-electron chi connectivity index (χ1n) is 7.07. The highest BCUT2D eigenvalue weighted by atomic mass is 16.2. The Balaban J connectivity index is 2.14. The van der Waals surface area contributed by atoms with Crippen LogP contribution < -0.4 is 10.6 Å². The van der Waals surface area contributed by atoms with E-state index in [1.165, 1.54) is 0 Å². The van der Waals surface area contributed by atoms with Gasteiger partial charge in [-0.15, -0.1) is 0 Å². The Hall–Kier alpha value is -2.11. The smallest absolute Gasteiger partial charge is 0.254 e. The molecule has 6 nitrogen and oxygen atoms in total. The number of carbonyl (C=O) groups excluding carboxylic acids is 2. The first kappa shape index (κ1) is 15.3. The molecule has 114 valence electrons. The van der Waals surface area contributed by atoms with Crippen LogP contribution in [-0.4, -0.2) is 46.9 Å². The molecule has 21 heavy (non-hydrogen) atoms. The van der Waals surface area contributed by atoms with E-state index in [9.17, 15) is 9.59 Å². The summed E-state index contributed by atoms with van der Waals surface area (Å²) in [5.74, 6) is 0.449. The predicted molar refractivity (Wildman–Crippen MR) is 81.1 cm³/mol. The van der Waals surface area contributed by atoms with Crippen LogP contribution in [0.25, 0.3) is 0 Å². The quantitative estimate of drug-likeness (QED) is 0.878. The molecule has 2 amide bonds. The van der Waals surface area contributed by atoms with E-state index in [0.29, 0.717) is 24.3 Å². The van der Waals surface area contributed by atoms with E-state index in [-0.39, 0.29) is 23.4 Å². The molecule has 0 aliphatic carbocycles. The van der Waals surface area contributed by atoms with Gasteiger partial charge in [0.2, 0.25) is 5.91 Å². The number of pyridine rings is 1. The van der Waals surface area contributed by atoms with Gasteiger partial charge in [-0.1, -0.05) is 0 Å². The summed E-state index contributed by atoms with van der Waals surface area (Å²) in [5, 5.41) is 5.81. The number of likely N-dealkylation sites (tertiary alicyclic amines) is 1. The van der Waals surface area contributed by atoms with Gasteiger partial charge in [0, 0.05) is 31.7 Å². The summed E-state index contributed by atoms with van der Waals surface area (Å²) in [6, 6.07) is 3.40. The molecule has 1 aliphatic rings. The molecule has 0 spiro atoms. The maximum atomic E-state index is 12.1. The van der Waals surface area contributed by atoms with Crippen LogP contribution in [0, 0.1) is 0 Å². The van der Waals surface area contributed by atoms with Gasteiger partial charge in [0.15, 0.2) is 0 Å². The standard InChI is InChI=1S/C15H22N4O2/c1-15(2,3)19-9-10(8-12(19)20)18-13-11(14(21)16-4)6-5-7-17-13/h5-7,10H,8-9H2,1-4H3,(H,16,21)(H,17,18). The van der Waals surface area contributed by atoms with E-state index in [0.717, 1.165) is 0 Å². The summed E-state index contributed by atoms with van der Waals surface area (Å²) < 4.78 is 0. The summed E-state index contributed by atoms with van der Waals surface area (Å²) in [6.07, 6.45) is 2.05. The molecule has 1 saturated heterocycles. The summed E-state index contributed by atoms with van der Waals surface area (Å²) in [6.45, 7) is 6.67. The molecule has 1 atom stereocenters. The lowest BCUT2D eigenvalue weighted by atomic mass is 10.1. The monoisotopic (exact) mass is 290 g/mol. The first-order chi connectivity index (χ1) is 9.82. The van der Waals surface area contributed by atoms with Crippen molar-refractivity contribution in [2.75, 3.05) is 18.9 Å². The first-order valence-corrected chi connectivity index (χ1v) is 7.07. The number of carbonyl (C=O) groups is 2. The molecule has 2 rings (SSSR count). The van der Waals surface area contributed by atoms with Gasteiger partial charge in [0.1, 0.15) is 5.82 Å². The zero-order chi connectivity index (χ0) is 15.6. The van der Waals surface area contributed by atoms with Crippen LogP contribution in [0.3, 0.4) is 0 Å². The van der Waals surface area contributed by atoms with Crippen molar-refractivity contribution in [1.29, 1.82) is 0 Å². The second-order valence-corrected chi connectivity index (χ2v) is 6.20. The average molecular weight is 290 g/mol. The third-order valence-corrected chi connectivity index (χ3v) is 3.56. The molecule has 1 fully saturated rings. The Kier molecular flexibility index (Phi) is 4.16. The lowest BCUT2D eigenvalue weighted by Gasteiger charge is -2.32. The minimum Gasteiger partial charge on any atom is -0.364 e. The number of anilines is 1. The van der Waals surface area contributed by atoms with Crippen LogP contribution in [0.15, 0.2) is 18.3 Å². The van der Waals surface area contributed by atoms with Crippen LogP contribution in [0.4, 0.5) is 5.82 Å². The lowest BCUT2D eigenvalue weighted by Crippen LogP contribution is -2.43. The van der Waals surface area contributed by atoms with Crippen molar-refractivity contribution >= 4 is 17.6 Å². The van der Waals surface area contributed by atoms with E-state index < -0.39 is 0 Å². The molecule has 1 aliphatic heterocycles. The van der Waals surface area contributed by atoms with Crippen molar-refractivity contribution in [3.63, 3.8) is 0 Å². The van der Waals surface area contributed by atoms with Gasteiger partial charge in [-0.3, -0.25) is 9.59 Å². The fourth-order valence-corrected chi connectivity index (χ4v) is 2.48. The van der Waals surface area contributed by atoms with Gasteiger partial charge >= 0.3 is 0 Å². The highest BCUT2D eigenvalue weighted by molar-refractivity contribution is 5.98. The van der Waals surface area contributed by atoms with E-state index in [4.69, 9.17) is 0 Å². The van der Waals surface area contributed by atoms with Crippen LogP contribution in [0.5, 0.6) is 0 Å². The molecule has 2 N–H and O–H groups in total. The zero-order valence-electron chi connectivity index (χ0n) is 12.9. The van der Waals surface area contributed by atoms with Crippen LogP contribution in [-0.2, 0) is 4.79 Å². The maximum absolute atomic E-state index is 12.1. The number of nitrogens with one attached hydrogen (secondary N) is 2. The molecule has 1 unspecified atom stereocenters. The number of hydrogen-bond donors (Lipinski definition) is 2. The minimum absolute atomic E-state index is 0.0324. The third kappa shape index (κ3) is 3.32. The van der Waals surface area contributed by atoms with Gasteiger partial charge in [-0.2, -0.15) is 0 Å². The van der Waals surface area contributed by atoms with Crippen molar-refractivity contribution in [3.05, 3.63) is 23.9 Å². The van der Waals surface area contributed by atoms with Crippen molar-refractivity contribution < 1.29 is 9.59 Å². The summed E-state index contributed by atoms with van der Waals surface area (Å²) in [5.41, 5.74) is 0.294. The molecule has 6 heteroatoms. The van der Waals surface area contributed by atoms with Crippen molar-refractivity contribution in [1.82, 2.24) is 15.2 Å². The summed E-state index contributed by atoms with van der Waals surface area (Å²) >= 11 is 0. The molecule has 0 aromatic carbocycles. The van der Waals surface area contributed by atoms with Gasteiger partial charge in [0.25, 0.3) is 5.91 Å². The van der Waals surface area contributed by atoms with Gasteiger partial charge in [0.05, 0.1) is 11.6 Å². The average Bonchev–Trinajstić information content (AvgIpc) is 2.79. The molecule has 0 radical (unpaired) electrons. The highest BCUT2D eigenvalue weighted by Gasteiger charge is 2.36. The minimum atomic E-state index is -0.193. The lowest BCUT2D eigenvalue weighted by molar-refractivity contribution is -0.131. The Bertz CT molecular complexity index is 551. The Labute approximate surface area is 124 Å². The molecule has 2 heterocycles. The van der Waals surface area contributed by atoms with E-state index in [1.54, 1.807) is 25.4 Å². The molecule has 1 aromatic rings. The van der Waals surface area contributed by atoms with Gasteiger partial charge in [-0.05, 0) is 32.9 Å². The number of rotatable bonds is 3. The topological polar surface area (TPSA) is 74.3 Å². The highest BCUT2D eigenvalue weighted by Crippen LogP contribution is 2.24. The second kappa shape index (κ2) is 5.71. The number of hydrogen-bond acceptors (Lipinski definition) is 4. The van der Waals surface area contributed by atoms with Crippen molar-refractivity contribution in [2.45, 2.75) is 38.8 Å². The van der Waals surface area contributed by atoms with Crippen LogP contribution in [0.1, 0.15) is 37.6 Å². The molecular weight excluding hydrogens is 268 g/mol. The molecule has 1 aromatic heterocycles. The van der Waals surface area contributed by atoms with E-state index in [1.807, 2.05) is 25.7 Å². The number of nitrogens with zero attached hydrogens (tertiary/aromatic N) is 2.